The molecule has 0 aliphatic carbocycles. The van der Waals surface area contributed by atoms with Gasteiger partial charge in [0.1, 0.15) is 10.6 Å². The van der Waals surface area contributed by atoms with E-state index < -0.39 is 10.0 Å². The largest absolute Gasteiger partial charge is 0.494 e. The number of aryl methyl sites for hydroxylation is 1. The Morgan fingerprint density at radius 3 is 2.71 bits per heavy atom. The second-order valence-corrected chi connectivity index (χ2v) is 9.34. The number of rotatable bonds is 7. The fourth-order valence-corrected chi connectivity index (χ4v) is 4.56. The molecule has 1 aromatic heterocycles. The molecule has 2 aromatic carbocycles. The minimum atomic E-state index is -3.87. The van der Waals surface area contributed by atoms with Crippen LogP contribution in [-0.4, -0.2) is 38.1 Å². The van der Waals surface area contributed by atoms with E-state index in [4.69, 9.17) is 9.88 Å². The first kappa shape index (κ1) is 21.5. The minimum absolute atomic E-state index is 0.00801. The summed E-state index contributed by atoms with van der Waals surface area (Å²) >= 11 is 0. The number of nitrogens with zero attached hydrogens (tertiary/aromatic N) is 2. The monoisotopic (exact) mass is 441 g/mol. The van der Waals surface area contributed by atoms with Crippen molar-refractivity contribution in [2.45, 2.75) is 31.1 Å². The third-order valence-electron chi connectivity index (χ3n) is 5.55. The van der Waals surface area contributed by atoms with Crippen LogP contribution in [0.2, 0.25) is 0 Å². The van der Waals surface area contributed by atoms with Gasteiger partial charge in [-0.2, -0.15) is 0 Å². The summed E-state index contributed by atoms with van der Waals surface area (Å²) in [6.07, 6.45) is 3.44. The van der Waals surface area contributed by atoms with Crippen molar-refractivity contribution in [2.75, 3.05) is 25.0 Å². The van der Waals surface area contributed by atoms with Crippen molar-refractivity contribution in [3.05, 3.63) is 48.2 Å². The SMILES string of the molecule is Cc1nc(Nc2ccccc2S(N)(=O)=O)nc2cc(OCCC3CCNCC3)ccc12. The summed E-state index contributed by atoms with van der Waals surface area (Å²) in [5.74, 6) is 1.77. The summed E-state index contributed by atoms with van der Waals surface area (Å²) in [4.78, 5) is 9.03. The first-order chi connectivity index (χ1) is 14.9. The van der Waals surface area contributed by atoms with Gasteiger partial charge in [-0.3, -0.25) is 0 Å². The Hall–Kier alpha value is -2.75. The van der Waals surface area contributed by atoms with Gasteiger partial charge in [0.15, 0.2) is 0 Å². The van der Waals surface area contributed by atoms with Crippen LogP contribution in [-0.2, 0) is 10.0 Å². The van der Waals surface area contributed by atoms with Crippen LogP contribution in [0.4, 0.5) is 11.6 Å². The average molecular weight is 442 g/mol. The van der Waals surface area contributed by atoms with E-state index in [-0.39, 0.29) is 4.90 Å². The van der Waals surface area contributed by atoms with E-state index >= 15 is 0 Å². The molecule has 0 unspecified atom stereocenters. The molecule has 0 radical (unpaired) electrons. The smallest absolute Gasteiger partial charge is 0.240 e. The van der Waals surface area contributed by atoms with Crippen molar-refractivity contribution in [2.24, 2.45) is 11.1 Å². The number of hydrogen-bond acceptors (Lipinski definition) is 7. The van der Waals surface area contributed by atoms with E-state index in [0.29, 0.717) is 24.2 Å². The van der Waals surface area contributed by atoms with E-state index in [2.05, 4.69) is 20.6 Å². The molecule has 0 bridgehead atoms. The van der Waals surface area contributed by atoms with Gasteiger partial charge in [0.05, 0.1) is 23.5 Å². The standard InChI is InChI=1S/C22H27N5O3S/c1-15-18-7-6-17(30-13-10-16-8-11-24-12-9-16)14-20(18)27-22(25-15)26-19-4-2-3-5-21(19)31(23,28)29/h2-7,14,16,24H,8-13H2,1H3,(H2,23,28,29)(H,25,26,27). The number of aromatic nitrogens is 2. The highest BCUT2D eigenvalue weighted by molar-refractivity contribution is 7.89. The maximum atomic E-state index is 11.9. The molecule has 31 heavy (non-hydrogen) atoms. The first-order valence-corrected chi connectivity index (χ1v) is 12.0. The average Bonchev–Trinajstić information content (AvgIpc) is 2.74. The highest BCUT2D eigenvalue weighted by atomic mass is 32.2. The van der Waals surface area contributed by atoms with E-state index in [0.717, 1.165) is 41.9 Å². The minimum Gasteiger partial charge on any atom is -0.494 e. The zero-order chi connectivity index (χ0) is 21.8. The lowest BCUT2D eigenvalue weighted by Gasteiger charge is -2.22. The molecule has 1 aliphatic rings. The summed E-state index contributed by atoms with van der Waals surface area (Å²) in [6.45, 7) is 4.73. The summed E-state index contributed by atoms with van der Waals surface area (Å²) in [7, 11) is -3.87. The van der Waals surface area contributed by atoms with Crippen LogP contribution in [0.1, 0.15) is 25.0 Å². The van der Waals surface area contributed by atoms with Crippen molar-refractivity contribution in [1.29, 1.82) is 0 Å². The predicted molar refractivity (Wildman–Crippen MR) is 121 cm³/mol. The number of nitrogens with two attached hydrogens (primary N) is 1. The molecule has 1 saturated heterocycles. The molecule has 1 aliphatic heterocycles. The summed E-state index contributed by atoms with van der Waals surface area (Å²) in [5.41, 5.74) is 1.84. The highest BCUT2D eigenvalue weighted by Crippen LogP contribution is 2.26. The number of primary sulfonamides is 1. The molecule has 9 heteroatoms. The second-order valence-electron chi connectivity index (χ2n) is 7.81. The quantitative estimate of drug-likeness (QED) is 0.515. The normalized spacial score (nSPS) is 15.2. The number of hydrogen-bond donors (Lipinski definition) is 3. The lowest BCUT2D eigenvalue weighted by molar-refractivity contribution is 0.252. The van der Waals surface area contributed by atoms with Crippen LogP contribution in [0.15, 0.2) is 47.4 Å². The molecular formula is C22H27N5O3S. The van der Waals surface area contributed by atoms with Gasteiger partial charge < -0.3 is 15.4 Å². The van der Waals surface area contributed by atoms with Crippen LogP contribution < -0.4 is 20.5 Å². The van der Waals surface area contributed by atoms with Gasteiger partial charge in [-0.25, -0.2) is 23.5 Å². The van der Waals surface area contributed by atoms with Crippen molar-refractivity contribution in [3.8, 4) is 5.75 Å². The van der Waals surface area contributed by atoms with Gasteiger partial charge in [0.2, 0.25) is 16.0 Å². The van der Waals surface area contributed by atoms with Gasteiger partial charge in [0.25, 0.3) is 0 Å². The van der Waals surface area contributed by atoms with E-state index in [1.54, 1.807) is 18.2 Å². The molecular weight excluding hydrogens is 414 g/mol. The maximum absolute atomic E-state index is 11.9. The van der Waals surface area contributed by atoms with Crippen molar-refractivity contribution >= 4 is 32.6 Å². The molecule has 8 nitrogen and oxygen atoms in total. The van der Waals surface area contributed by atoms with E-state index in [1.807, 2.05) is 25.1 Å². The van der Waals surface area contributed by atoms with E-state index in [1.165, 1.54) is 18.9 Å². The Kier molecular flexibility index (Phi) is 6.35. The number of sulfonamides is 1. The molecule has 1 fully saturated rings. The van der Waals surface area contributed by atoms with Gasteiger partial charge >= 0.3 is 0 Å². The lowest BCUT2D eigenvalue weighted by Crippen LogP contribution is -2.28. The topological polar surface area (TPSA) is 119 Å². The molecule has 0 saturated carbocycles. The molecule has 164 valence electrons. The molecule has 4 rings (SSSR count). The van der Waals surface area contributed by atoms with Gasteiger partial charge in [0, 0.05) is 11.5 Å². The zero-order valence-corrected chi connectivity index (χ0v) is 18.3. The van der Waals surface area contributed by atoms with Crippen molar-refractivity contribution in [1.82, 2.24) is 15.3 Å². The predicted octanol–water partition coefficient (Wildman–Crippen LogP) is 3.10. The molecule has 3 aromatic rings. The zero-order valence-electron chi connectivity index (χ0n) is 17.5. The number of nitrogens with one attached hydrogen (secondary N) is 2. The maximum Gasteiger partial charge on any atom is 0.240 e. The van der Waals surface area contributed by atoms with Gasteiger partial charge in [-0.05, 0) is 69.5 Å². The number of ether oxygens (including phenoxy) is 1. The Balaban J connectivity index is 1.53. The van der Waals surface area contributed by atoms with Crippen LogP contribution in [0.3, 0.4) is 0 Å². The number of fused-ring (bicyclic) bond motifs is 1. The van der Waals surface area contributed by atoms with Crippen LogP contribution >= 0.6 is 0 Å². The van der Waals surface area contributed by atoms with Crippen molar-refractivity contribution in [3.63, 3.8) is 0 Å². The number of piperidine rings is 1. The van der Waals surface area contributed by atoms with Crippen LogP contribution in [0.25, 0.3) is 10.9 Å². The molecule has 0 spiro atoms. The van der Waals surface area contributed by atoms with Gasteiger partial charge in [-0.1, -0.05) is 12.1 Å². The van der Waals surface area contributed by atoms with Crippen molar-refractivity contribution < 1.29 is 13.2 Å². The fraction of sp³-hybridized carbons (Fsp3) is 0.364. The van der Waals surface area contributed by atoms with E-state index in [9.17, 15) is 8.42 Å². The molecule has 0 atom stereocenters. The Bertz CT molecular complexity index is 1180. The summed E-state index contributed by atoms with van der Waals surface area (Å²) in [6, 6.07) is 12.2. The summed E-state index contributed by atoms with van der Waals surface area (Å²) in [5, 5.41) is 12.6. The van der Waals surface area contributed by atoms with Crippen LogP contribution in [0, 0.1) is 12.8 Å². The first-order valence-electron chi connectivity index (χ1n) is 10.4. The number of anilines is 2. The molecule has 0 amide bonds. The second kappa shape index (κ2) is 9.17. The number of benzene rings is 2. The van der Waals surface area contributed by atoms with Crippen LogP contribution in [0.5, 0.6) is 5.75 Å². The Morgan fingerprint density at radius 2 is 1.94 bits per heavy atom. The highest BCUT2D eigenvalue weighted by Gasteiger charge is 2.15. The fourth-order valence-electron chi connectivity index (χ4n) is 3.87. The Morgan fingerprint density at radius 1 is 1.16 bits per heavy atom. The third kappa shape index (κ3) is 5.30. The summed E-state index contributed by atoms with van der Waals surface area (Å²) < 4.78 is 29.7. The lowest BCUT2D eigenvalue weighted by atomic mass is 9.95. The molecule has 4 N–H and O–H groups in total. The molecule has 2 heterocycles. The Labute approximate surface area is 182 Å². The number of para-hydroxylation sites is 1. The van der Waals surface area contributed by atoms with Gasteiger partial charge in [-0.15, -0.1) is 0 Å². The third-order valence-corrected chi connectivity index (χ3v) is 6.52.